The molecule has 3 N–H and O–H groups in total. The molecule has 0 heterocycles. The first-order chi connectivity index (χ1) is 8.13. The van der Waals surface area contributed by atoms with E-state index in [9.17, 15) is 9.90 Å². The molecule has 0 aliphatic rings. The minimum absolute atomic E-state index is 0.1000. The predicted molar refractivity (Wildman–Crippen MR) is 63.4 cm³/mol. The molecule has 0 aromatic heterocycles. The molecule has 94 valence electrons. The Morgan fingerprint density at radius 1 is 1.41 bits per heavy atom. The number of carbonyl (C=O) groups is 1. The normalized spacial score (nSPS) is 10.1. The molecular formula is C12H17NO4. The van der Waals surface area contributed by atoms with Gasteiger partial charge in [0.05, 0.1) is 14.2 Å². The highest BCUT2D eigenvalue weighted by Gasteiger charge is 2.16. The lowest BCUT2D eigenvalue weighted by molar-refractivity contribution is 0.0597. The van der Waals surface area contributed by atoms with E-state index < -0.39 is 5.97 Å². The molecule has 1 rings (SSSR count). The van der Waals surface area contributed by atoms with Crippen LogP contribution in [-0.4, -0.2) is 31.8 Å². The zero-order valence-corrected chi connectivity index (χ0v) is 10.0. The van der Waals surface area contributed by atoms with E-state index in [-0.39, 0.29) is 5.75 Å². The van der Waals surface area contributed by atoms with Crippen molar-refractivity contribution in [2.75, 3.05) is 20.8 Å². The topological polar surface area (TPSA) is 81.8 Å². The Bertz CT molecular complexity index is 404. The molecule has 0 saturated heterocycles. The number of benzene rings is 1. The van der Waals surface area contributed by atoms with Gasteiger partial charge in [-0.15, -0.1) is 0 Å². The number of carbonyl (C=O) groups excluding carboxylic acids is 1. The molecule has 1 aromatic rings. The van der Waals surface area contributed by atoms with Crippen LogP contribution in [0.1, 0.15) is 22.3 Å². The maximum atomic E-state index is 11.5. The van der Waals surface area contributed by atoms with Crippen molar-refractivity contribution in [3.05, 3.63) is 23.3 Å². The molecule has 0 atom stereocenters. The molecule has 0 amide bonds. The number of rotatable bonds is 5. The van der Waals surface area contributed by atoms with Gasteiger partial charge in [-0.2, -0.15) is 0 Å². The zero-order chi connectivity index (χ0) is 12.8. The quantitative estimate of drug-likeness (QED) is 0.751. The number of phenols is 1. The summed E-state index contributed by atoms with van der Waals surface area (Å²) in [6, 6.07) is 2.99. The van der Waals surface area contributed by atoms with E-state index in [2.05, 4.69) is 4.74 Å². The van der Waals surface area contributed by atoms with Crippen LogP contribution in [0.5, 0.6) is 11.5 Å². The summed E-state index contributed by atoms with van der Waals surface area (Å²) in [6.07, 6.45) is 1.34. The van der Waals surface area contributed by atoms with E-state index in [0.717, 1.165) is 6.42 Å². The summed E-state index contributed by atoms with van der Waals surface area (Å²) in [5.41, 5.74) is 6.38. The van der Waals surface area contributed by atoms with E-state index in [1.165, 1.54) is 20.3 Å². The van der Waals surface area contributed by atoms with Crippen molar-refractivity contribution in [3.63, 3.8) is 0 Å². The minimum atomic E-state index is -0.490. The van der Waals surface area contributed by atoms with Gasteiger partial charge in [-0.25, -0.2) is 4.79 Å². The molecular weight excluding hydrogens is 222 g/mol. The average Bonchev–Trinajstić information content (AvgIpc) is 2.35. The molecule has 5 nitrogen and oxygen atoms in total. The predicted octanol–water partition coefficient (Wildman–Crippen LogP) is 1.08. The Morgan fingerprint density at radius 2 is 2.12 bits per heavy atom. The van der Waals surface area contributed by atoms with Crippen LogP contribution in [0.4, 0.5) is 0 Å². The summed E-state index contributed by atoms with van der Waals surface area (Å²) in [5.74, 6) is -0.0929. The van der Waals surface area contributed by atoms with E-state index in [0.29, 0.717) is 29.8 Å². The lowest BCUT2D eigenvalue weighted by Crippen LogP contribution is -2.06. The van der Waals surface area contributed by atoms with Crippen molar-refractivity contribution in [1.82, 2.24) is 0 Å². The Balaban J connectivity index is 3.13. The van der Waals surface area contributed by atoms with Crippen molar-refractivity contribution in [2.24, 2.45) is 5.73 Å². The van der Waals surface area contributed by atoms with Gasteiger partial charge in [0.2, 0.25) is 0 Å². The van der Waals surface area contributed by atoms with Crippen molar-refractivity contribution in [2.45, 2.75) is 12.8 Å². The van der Waals surface area contributed by atoms with Gasteiger partial charge in [0, 0.05) is 6.07 Å². The second-order valence-electron chi connectivity index (χ2n) is 3.57. The fraction of sp³-hybridized carbons (Fsp3) is 0.417. The first-order valence-electron chi connectivity index (χ1n) is 5.32. The molecule has 17 heavy (non-hydrogen) atoms. The third-order valence-corrected chi connectivity index (χ3v) is 2.46. The van der Waals surface area contributed by atoms with Crippen LogP contribution >= 0.6 is 0 Å². The molecule has 1 aromatic carbocycles. The Morgan fingerprint density at radius 3 is 2.65 bits per heavy atom. The SMILES string of the molecule is COC(=O)c1cc(CCCN)c(O)cc1OC. The summed E-state index contributed by atoms with van der Waals surface area (Å²) in [6.45, 7) is 0.527. The van der Waals surface area contributed by atoms with Crippen molar-refractivity contribution >= 4 is 5.97 Å². The molecule has 0 unspecified atom stereocenters. The van der Waals surface area contributed by atoms with E-state index in [1.807, 2.05) is 0 Å². The zero-order valence-electron chi connectivity index (χ0n) is 10.0. The number of aromatic hydroxyl groups is 1. The number of hydrogen-bond donors (Lipinski definition) is 2. The molecule has 0 fully saturated rings. The van der Waals surface area contributed by atoms with Crippen LogP contribution in [0.3, 0.4) is 0 Å². The van der Waals surface area contributed by atoms with Gasteiger partial charge in [0.15, 0.2) is 0 Å². The van der Waals surface area contributed by atoms with Gasteiger partial charge in [-0.05, 0) is 31.0 Å². The van der Waals surface area contributed by atoms with Crippen LogP contribution in [0.2, 0.25) is 0 Å². The average molecular weight is 239 g/mol. The Hall–Kier alpha value is -1.75. The maximum absolute atomic E-state index is 11.5. The first kappa shape index (κ1) is 13.3. The van der Waals surface area contributed by atoms with Crippen LogP contribution in [0, 0.1) is 0 Å². The minimum Gasteiger partial charge on any atom is -0.508 e. The lowest BCUT2D eigenvalue weighted by atomic mass is 10.0. The summed E-state index contributed by atoms with van der Waals surface area (Å²) in [5, 5.41) is 9.76. The monoisotopic (exact) mass is 239 g/mol. The number of hydrogen-bond acceptors (Lipinski definition) is 5. The number of ether oxygens (including phenoxy) is 2. The van der Waals surface area contributed by atoms with Crippen LogP contribution in [-0.2, 0) is 11.2 Å². The maximum Gasteiger partial charge on any atom is 0.341 e. The van der Waals surface area contributed by atoms with Gasteiger partial charge >= 0.3 is 5.97 Å². The van der Waals surface area contributed by atoms with E-state index in [1.54, 1.807) is 6.07 Å². The van der Waals surface area contributed by atoms with Gasteiger partial charge in [-0.1, -0.05) is 0 Å². The Labute approximate surface area is 100 Å². The van der Waals surface area contributed by atoms with Gasteiger partial charge in [0.1, 0.15) is 17.1 Å². The third kappa shape index (κ3) is 3.10. The number of nitrogens with two attached hydrogens (primary N) is 1. The highest BCUT2D eigenvalue weighted by molar-refractivity contribution is 5.93. The van der Waals surface area contributed by atoms with Gasteiger partial charge in [0.25, 0.3) is 0 Å². The second kappa shape index (κ2) is 6.10. The molecule has 0 saturated carbocycles. The fourth-order valence-corrected chi connectivity index (χ4v) is 1.55. The number of esters is 1. The van der Waals surface area contributed by atoms with Crippen molar-refractivity contribution < 1.29 is 19.4 Å². The smallest absolute Gasteiger partial charge is 0.341 e. The molecule has 0 spiro atoms. The summed E-state index contributed by atoms with van der Waals surface area (Å²) in [7, 11) is 2.73. The van der Waals surface area contributed by atoms with E-state index in [4.69, 9.17) is 10.5 Å². The van der Waals surface area contributed by atoms with Gasteiger partial charge < -0.3 is 20.3 Å². The molecule has 0 aliphatic heterocycles. The second-order valence-corrected chi connectivity index (χ2v) is 3.57. The van der Waals surface area contributed by atoms with Crippen LogP contribution < -0.4 is 10.5 Å². The summed E-state index contributed by atoms with van der Waals surface area (Å²) < 4.78 is 9.68. The van der Waals surface area contributed by atoms with Crippen molar-refractivity contribution in [3.8, 4) is 11.5 Å². The highest BCUT2D eigenvalue weighted by Crippen LogP contribution is 2.29. The highest BCUT2D eigenvalue weighted by atomic mass is 16.5. The van der Waals surface area contributed by atoms with Gasteiger partial charge in [-0.3, -0.25) is 0 Å². The molecule has 0 aliphatic carbocycles. The Kier molecular flexibility index (Phi) is 4.78. The van der Waals surface area contributed by atoms with Crippen LogP contribution in [0.15, 0.2) is 12.1 Å². The lowest BCUT2D eigenvalue weighted by Gasteiger charge is -2.11. The standard InChI is InChI=1S/C12H17NO4/c1-16-11-7-10(14)8(4-3-5-13)6-9(11)12(15)17-2/h6-7,14H,3-5,13H2,1-2H3. The number of phenolic OH excluding ortho intramolecular Hbond substituents is 1. The molecule has 5 heteroatoms. The molecule has 0 bridgehead atoms. The third-order valence-electron chi connectivity index (χ3n) is 2.46. The van der Waals surface area contributed by atoms with Crippen LogP contribution in [0.25, 0.3) is 0 Å². The summed E-state index contributed by atoms with van der Waals surface area (Å²) in [4.78, 5) is 11.5. The largest absolute Gasteiger partial charge is 0.508 e. The first-order valence-corrected chi connectivity index (χ1v) is 5.32. The number of methoxy groups -OCH3 is 2. The fourth-order valence-electron chi connectivity index (χ4n) is 1.55. The van der Waals surface area contributed by atoms with E-state index >= 15 is 0 Å². The van der Waals surface area contributed by atoms with Crippen molar-refractivity contribution in [1.29, 1.82) is 0 Å². The number of aryl methyl sites for hydroxylation is 1. The summed E-state index contributed by atoms with van der Waals surface area (Å²) >= 11 is 0. The molecule has 0 radical (unpaired) electrons.